The molecule has 2 rings (SSSR count). The molecule has 92 valence electrons. The molecule has 1 aromatic heterocycles. The van der Waals surface area contributed by atoms with Crippen LogP contribution in [0.5, 0.6) is 0 Å². The number of aromatic nitrogens is 1. The van der Waals surface area contributed by atoms with Crippen molar-refractivity contribution in [2.75, 3.05) is 24.6 Å². The van der Waals surface area contributed by atoms with E-state index in [0.29, 0.717) is 25.3 Å². The van der Waals surface area contributed by atoms with Crippen molar-refractivity contribution in [3.05, 3.63) is 23.9 Å². The number of pyridine rings is 1. The Bertz CT molecular complexity index is 406. The van der Waals surface area contributed by atoms with Gasteiger partial charge in [-0.15, -0.1) is 0 Å². The highest BCUT2D eigenvalue weighted by Crippen LogP contribution is 2.25. The summed E-state index contributed by atoms with van der Waals surface area (Å²) in [5, 5.41) is 9.61. The van der Waals surface area contributed by atoms with Gasteiger partial charge in [-0.1, -0.05) is 0 Å². The van der Waals surface area contributed by atoms with Gasteiger partial charge in [0, 0.05) is 19.3 Å². The Hall–Kier alpha value is -1.62. The van der Waals surface area contributed by atoms with Gasteiger partial charge in [0.15, 0.2) is 0 Å². The molecule has 17 heavy (non-hydrogen) atoms. The lowest BCUT2D eigenvalue weighted by atomic mass is 9.97. The van der Waals surface area contributed by atoms with Crippen LogP contribution in [0.2, 0.25) is 0 Å². The van der Waals surface area contributed by atoms with Gasteiger partial charge in [0.05, 0.1) is 17.8 Å². The molecule has 0 atom stereocenters. The van der Waals surface area contributed by atoms with Crippen LogP contribution in [0.25, 0.3) is 0 Å². The molecule has 0 radical (unpaired) electrons. The molecule has 1 aliphatic rings. The smallest absolute Gasteiger partial charge is 0.339 e. The van der Waals surface area contributed by atoms with Crippen LogP contribution in [0.15, 0.2) is 18.3 Å². The van der Waals surface area contributed by atoms with E-state index in [9.17, 15) is 9.90 Å². The number of β-amino-alcohol motifs (C(OH)–C–C–N with tert-alkyl or cyclic N) is 1. The third-order valence-electron chi connectivity index (χ3n) is 2.65. The third-order valence-corrected chi connectivity index (χ3v) is 2.65. The molecule has 1 fully saturated rings. The molecule has 1 aromatic rings. The zero-order valence-electron chi connectivity index (χ0n) is 10.0. The van der Waals surface area contributed by atoms with Crippen molar-refractivity contribution in [2.45, 2.75) is 19.4 Å². The van der Waals surface area contributed by atoms with E-state index in [0.717, 1.165) is 5.82 Å². The lowest BCUT2D eigenvalue weighted by Crippen LogP contribution is -2.60. The Morgan fingerprint density at radius 2 is 2.29 bits per heavy atom. The maximum atomic E-state index is 11.4. The van der Waals surface area contributed by atoms with E-state index in [4.69, 9.17) is 4.74 Å². The molecule has 5 heteroatoms. The first-order chi connectivity index (χ1) is 8.02. The number of esters is 1. The average molecular weight is 236 g/mol. The molecule has 1 saturated heterocycles. The van der Waals surface area contributed by atoms with E-state index in [1.165, 1.54) is 6.20 Å². The summed E-state index contributed by atoms with van der Waals surface area (Å²) < 4.78 is 4.87. The van der Waals surface area contributed by atoms with E-state index < -0.39 is 5.60 Å². The fraction of sp³-hybridized carbons (Fsp3) is 0.500. The van der Waals surface area contributed by atoms with E-state index >= 15 is 0 Å². The van der Waals surface area contributed by atoms with Crippen LogP contribution in [-0.4, -0.2) is 41.4 Å². The Kier molecular flexibility index (Phi) is 3.02. The first-order valence-electron chi connectivity index (χ1n) is 5.62. The molecular weight excluding hydrogens is 220 g/mol. The van der Waals surface area contributed by atoms with Crippen molar-refractivity contribution >= 4 is 11.8 Å². The third kappa shape index (κ3) is 2.55. The number of aliphatic hydroxyl groups is 1. The number of carbonyl (C=O) groups is 1. The number of anilines is 1. The largest absolute Gasteiger partial charge is 0.462 e. The molecule has 2 heterocycles. The average Bonchev–Trinajstić information content (AvgIpc) is 2.26. The molecule has 1 N–H and O–H groups in total. The van der Waals surface area contributed by atoms with Crippen molar-refractivity contribution in [3.63, 3.8) is 0 Å². The summed E-state index contributed by atoms with van der Waals surface area (Å²) in [5.41, 5.74) is -0.176. The number of rotatable bonds is 3. The van der Waals surface area contributed by atoms with Crippen molar-refractivity contribution in [1.29, 1.82) is 0 Å². The highest BCUT2D eigenvalue weighted by molar-refractivity contribution is 5.89. The molecule has 0 spiro atoms. The summed E-state index contributed by atoms with van der Waals surface area (Å²) in [6.07, 6.45) is 1.50. The second-order valence-electron chi connectivity index (χ2n) is 4.48. The van der Waals surface area contributed by atoms with Gasteiger partial charge in [-0.2, -0.15) is 0 Å². The van der Waals surface area contributed by atoms with E-state index in [2.05, 4.69) is 4.98 Å². The van der Waals surface area contributed by atoms with Crippen LogP contribution in [0, 0.1) is 0 Å². The van der Waals surface area contributed by atoms with Crippen molar-refractivity contribution in [2.24, 2.45) is 0 Å². The topological polar surface area (TPSA) is 62.7 Å². The zero-order valence-corrected chi connectivity index (χ0v) is 10.0. The van der Waals surface area contributed by atoms with Crippen LogP contribution in [0.1, 0.15) is 24.2 Å². The molecule has 0 aromatic carbocycles. The predicted molar refractivity (Wildman–Crippen MR) is 63.0 cm³/mol. The summed E-state index contributed by atoms with van der Waals surface area (Å²) in [4.78, 5) is 17.5. The lowest BCUT2D eigenvalue weighted by molar-refractivity contribution is 0.0304. The molecule has 0 aliphatic carbocycles. The summed E-state index contributed by atoms with van der Waals surface area (Å²) in [7, 11) is 0. The maximum absolute atomic E-state index is 11.4. The number of hydrogen-bond acceptors (Lipinski definition) is 5. The summed E-state index contributed by atoms with van der Waals surface area (Å²) in [6.45, 7) is 5.05. The second-order valence-corrected chi connectivity index (χ2v) is 4.48. The number of ether oxygens (including phenoxy) is 1. The fourth-order valence-electron chi connectivity index (χ4n) is 1.85. The molecule has 1 aliphatic heterocycles. The van der Waals surface area contributed by atoms with Gasteiger partial charge in [0.2, 0.25) is 0 Å². The van der Waals surface area contributed by atoms with E-state index in [-0.39, 0.29) is 5.97 Å². The number of hydrogen-bond donors (Lipinski definition) is 1. The molecule has 0 unspecified atom stereocenters. The van der Waals surface area contributed by atoms with Crippen LogP contribution < -0.4 is 4.90 Å². The molecule has 0 amide bonds. The van der Waals surface area contributed by atoms with Crippen LogP contribution in [-0.2, 0) is 4.74 Å². The summed E-state index contributed by atoms with van der Waals surface area (Å²) >= 11 is 0. The number of carbonyl (C=O) groups excluding carboxylic acids is 1. The van der Waals surface area contributed by atoms with Gasteiger partial charge < -0.3 is 14.7 Å². The van der Waals surface area contributed by atoms with Crippen LogP contribution in [0.4, 0.5) is 5.82 Å². The Balaban J connectivity index is 2.02. The van der Waals surface area contributed by atoms with Gasteiger partial charge in [-0.3, -0.25) is 0 Å². The van der Waals surface area contributed by atoms with Gasteiger partial charge >= 0.3 is 5.97 Å². The summed E-state index contributed by atoms with van der Waals surface area (Å²) in [5.74, 6) is 0.409. The summed E-state index contributed by atoms with van der Waals surface area (Å²) in [6, 6.07) is 3.45. The fourth-order valence-corrected chi connectivity index (χ4v) is 1.85. The second kappa shape index (κ2) is 4.33. The zero-order chi connectivity index (χ0) is 12.5. The maximum Gasteiger partial charge on any atom is 0.339 e. The van der Waals surface area contributed by atoms with Gasteiger partial charge in [-0.25, -0.2) is 9.78 Å². The highest BCUT2D eigenvalue weighted by atomic mass is 16.5. The molecular formula is C12H16N2O3. The monoisotopic (exact) mass is 236 g/mol. The Morgan fingerprint density at radius 1 is 1.59 bits per heavy atom. The minimum atomic E-state index is -0.624. The van der Waals surface area contributed by atoms with E-state index in [1.54, 1.807) is 26.0 Å². The van der Waals surface area contributed by atoms with Crippen molar-refractivity contribution in [1.82, 2.24) is 4.98 Å². The quantitative estimate of drug-likeness (QED) is 0.787. The van der Waals surface area contributed by atoms with E-state index in [1.807, 2.05) is 4.90 Å². The lowest BCUT2D eigenvalue weighted by Gasteiger charge is -2.44. The van der Waals surface area contributed by atoms with Crippen LogP contribution in [0.3, 0.4) is 0 Å². The minimum absolute atomic E-state index is 0.357. The Morgan fingerprint density at radius 3 is 2.76 bits per heavy atom. The highest BCUT2D eigenvalue weighted by Gasteiger charge is 2.37. The van der Waals surface area contributed by atoms with Crippen LogP contribution >= 0.6 is 0 Å². The Labute approximate surface area is 100 Å². The predicted octanol–water partition coefficient (Wildman–Crippen LogP) is 0.829. The van der Waals surface area contributed by atoms with Gasteiger partial charge in [-0.05, 0) is 26.0 Å². The molecule has 0 saturated carbocycles. The molecule has 5 nitrogen and oxygen atoms in total. The minimum Gasteiger partial charge on any atom is -0.462 e. The normalized spacial score (nSPS) is 17.5. The van der Waals surface area contributed by atoms with Gasteiger partial charge in [0.1, 0.15) is 5.82 Å². The van der Waals surface area contributed by atoms with Gasteiger partial charge in [0.25, 0.3) is 0 Å². The standard InChI is InChI=1S/C12H16N2O3/c1-3-17-11(15)9-4-5-10(13-6-9)14-7-12(2,16)8-14/h4-6,16H,3,7-8H2,1-2H3. The van der Waals surface area contributed by atoms with Crippen molar-refractivity contribution < 1.29 is 14.6 Å². The van der Waals surface area contributed by atoms with Crippen molar-refractivity contribution in [3.8, 4) is 0 Å². The first kappa shape index (κ1) is 11.9. The first-order valence-corrected chi connectivity index (χ1v) is 5.62. The molecule has 0 bridgehead atoms. The SMILES string of the molecule is CCOC(=O)c1ccc(N2CC(C)(O)C2)nc1. The number of nitrogens with zero attached hydrogens (tertiary/aromatic N) is 2.